The smallest absolute Gasteiger partial charge is 0.235 e. The number of benzene rings is 2. The number of fused-ring (bicyclic) bond motifs is 1. The molecule has 0 spiro atoms. The minimum atomic E-state index is -0.253. The van der Waals surface area contributed by atoms with Gasteiger partial charge in [0.25, 0.3) is 0 Å². The van der Waals surface area contributed by atoms with E-state index in [1.165, 1.54) is 14.2 Å². The van der Waals surface area contributed by atoms with Crippen LogP contribution in [-0.4, -0.2) is 34.2 Å². The van der Waals surface area contributed by atoms with Crippen molar-refractivity contribution < 1.29 is 28.5 Å². The summed E-state index contributed by atoms with van der Waals surface area (Å²) in [5, 5.41) is 0. The van der Waals surface area contributed by atoms with Crippen LogP contribution in [0.2, 0.25) is 0 Å². The van der Waals surface area contributed by atoms with Crippen LogP contribution in [0.4, 0.5) is 0 Å². The van der Waals surface area contributed by atoms with Crippen molar-refractivity contribution in [3.63, 3.8) is 0 Å². The molecule has 0 N–H and O–H groups in total. The molecule has 1 aliphatic rings. The summed E-state index contributed by atoms with van der Waals surface area (Å²) in [4.78, 5) is 12.7. The molecule has 0 saturated carbocycles. The summed E-state index contributed by atoms with van der Waals surface area (Å²) in [5.74, 6) is 2.54. The molecule has 1 aliphatic heterocycles. The summed E-state index contributed by atoms with van der Waals surface area (Å²) >= 11 is 0. The number of ketones is 1. The molecule has 0 amide bonds. The Balaban J connectivity index is 2.03. The molecular formula is C19H18O6. The summed E-state index contributed by atoms with van der Waals surface area (Å²) < 4.78 is 26.7. The zero-order valence-corrected chi connectivity index (χ0v) is 14.4. The van der Waals surface area contributed by atoms with Gasteiger partial charge in [0.2, 0.25) is 5.78 Å². The lowest BCUT2D eigenvalue weighted by atomic mass is 10.1. The highest BCUT2D eigenvalue weighted by Gasteiger charge is 2.32. The second kappa shape index (κ2) is 6.76. The van der Waals surface area contributed by atoms with Crippen LogP contribution >= 0.6 is 0 Å². The van der Waals surface area contributed by atoms with Crippen molar-refractivity contribution in [2.24, 2.45) is 0 Å². The van der Waals surface area contributed by atoms with Crippen molar-refractivity contribution in [2.45, 2.75) is 0 Å². The predicted molar refractivity (Wildman–Crippen MR) is 92.0 cm³/mol. The van der Waals surface area contributed by atoms with Crippen molar-refractivity contribution in [1.29, 1.82) is 0 Å². The number of allylic oxidation sites excluding steroid dienone is 1. The molecule has 2 aromatic carbocycles. The van der Waals surface area contributed by atoms with Crippen LogP contribution in [0, 0.1) is 0 Å². The van der Waals surface area contributed by atoms with Crippen LogP contribution in [0.5, 0.6) is 28.7 Å². The van der Waals surface area contributed by atoms with E-state index in [1.807, 2.05) is 0 Å². The Morgan fingerprint density at radius 2 is 1.40 bits per heavy atom. The van der Waals surface area contributed by atoms with E-state index in [0.717, 1.165) is 5.56 Å². The molecule has 6 heteroatoms. The fourth-order valence-corrected chi connectivity index (χ4v) is 2.60. The number of Topliss-reactive ketones (excluding diaryl/α,β-unsaturated/α-hetero) is 1. The van der Waals surface area contributed by atoms with Crippen LogP contribution in [0.15, 0.2) is 36.1 Å². The molecule has 0 radical (unpaired) electrons. The van der Waals surface area contributed by atoms with E-state index in [-0.39, 0.29) is 11.5 Å². The van der Waals surface area contributed by atoms with Crippen molar-refractivity contribution in [1.82, 2.24) is 0 Å². The first-order valence-electron chi connectivity index (χ1n) is 7.53. The number of rotatable bonds is 5. The Kier molecular flexibility index (Phi) is 4.52. The summed E-state index contributed by atoms with van der Waals surface area (Å²) in [6.45, 7) is 0. The number of carbonyl (C=O) groups is 1. The first kappa shape index (κ1) is 16.7. The van der Waals surface area contributed by atoms with E-state index < -0.39 is 0 Å². The molecule has 0 fully saturated rings. The maximum atomic E-state index is 12.7. The Bertz CT molecular complexity index is 831. The Labute approximate surface area is 145 Å². The van der Waals surface area contributed by atoms with E-state index in [0.29, 0.717) is 34.3 Å². The zero-order chi connectivity index (χ0) is 18.0. The Hall–Kier alpha value is -3.15. The summed E-state index contributed by atoms with van der Waals surface area (Å²) in [6, 6.07) is 8.63. The third-order valence-electron chi connectivity index (χ3n) is 3.84. The van der Waals surface area contributed by atoms with Gasteiger partial charge in [-0.1, -0.05) is 0 Å². The molecule has 0 unspecified atom stereocenters. The largest absolute Gasteiger partial charge is 0.497 e. The fraction of sp³-hybridized carbons (Fsp3) is 0.211. The van der Waals surface area contributed by atoms with Crippen molar-refractivity contribution in [3.05, 3.63) is 47.2 Å². The van der Waals surface area contributed by atoms with Gasteiger partial charge < -0.3 is 23.7 Å². The van der Waals surface area contributed by atoms with E-state index in [2.05, 4.69) is 0 Å². The van der Waals surface area contributed by atoms with Gasteiger partial charge in [-0.25, -0.2) is 0 Å². The maximum Gasteiger partial charge on any atom is 0.235 e. The van der Waals surface area contributed by atoms with E-state index in [4.69, 9.17) is 23.7 Å². The minimum Gasteiger partial charge on any atom is -0.497 e. The second-order valence-corrected chi connectivity index (χ2v) is 5.29. The molecule has 0 aliphatic carbocycles. The van der Waals surface area contributed by atoms with Gasteiger partial charge in [0.15, 0.2) is 5.76 Å². The van der Waals surface area contributed by atoms with Gasteiger partial charge >= 0.3 is 0 Å². The molecule has 6 nitrogen and oxygen atoms in total. The molecule has 0 aromatic heterocycles. The van der Waals surface area contributed by atoms with Crippen molar-refractivity contribution in [3.8, 4) is 28.7 Å². The van der Waals surface area contributed by atoms with Crippen molar-refractivity contribution in [2.75, 3.05) is 28.4 Å². The summed E-state index contributed by atoms with van der Waals surface area (Å²) in [6.07, 6.45) is 1.64. The molecule has 0 bridgehead atoms. The predicted octanol–water partition coefficient (Wildman–Crippen LogP) is 3.34. The monoisotopic (exact) mass is 342 g/mol. The summed E-state index contributed by atoms with van der Waals surface area (Å²) in [7, 11) is 6.17. The standard InChI is InChI=1S/C19H18O6/c1-21-12-5-11(6-13(8-12)22-2)7-17-19(20)18-15(24-4)9-14(23-3)10-16(18)25-17/h5-10H,1-4H3/b17-7-. The average molecular weight is 342 g/mol. The molecule has 25 heavy (non-hydrogen) atoms. The highest BCUT2D eigenvalue weighted by Crippen LogP contribution is 2.41. The number of ether oxygens (including phenoxy) is 5. The third-order valence-corrected chi connectivity index (χ3v) is 3.84. The van der Waals surface area contributed by atoms with Gasteiger partial charge in [0.1, 0.15) is 34.3 Å². The number of carbonyl (C=O) groups excluding carboxylic acids is 1. The van der Waals surface area contributed by atoms with E-state index in [9.17, 15) is 4.79 Å². The fourth-order valence-electron chi connectivity index (χ4n) is 2.60. The first-order valence-corrected chi connectivity index (χ1v) is 7.53. The summed E-state index contributed by atoms with van der Waals surface area (Å²) in [5.41, 5.74) is 1.10. The van der Waals surface area contributed by atoms with Gasteiger partial charge in [-0.2, -0.15) is 0 Å². The van der Waals surface area contributed by atoms with Gasteiger partial charge in [-0.05, 0) is 23.8 Å². The maximum absolute atomic E-state index is 12.7. The lowest BCUT2D eigenvalue weighted by Crippen LogP contribution is -2.00. The van der Waals surface area contributed by atoms with E-state index in [1.54, 1.807) is 50.6 Å². The Morgan fingerprint density at radius 1 is 0.800 bits per heavy atom. The number of hydrogen-bond donors (Lipinski definition) is 0. The highest BCUT2D eigenvalue weighted by molar-refractivity contribution is 6.16. The first-order chi connectivity index (χ1) is 12.1. The van der Waals surface area contributed by atoms with Crippen LogP contribution in [-0.2, 0) is 0 Å². The van der Waals surface area contributed by atoms with Crippen molar-refractivity contribution >= 4 is 11.9 Å². The molecule has 1 heterocycles. The number of methoxy groups -OCH3 is 4. The topological polar surface area (TPSA) is 63.2 Å². The van der Waals surface area contributed by atoms with Gasteiger partial charge in [-0.15, -0.1) is 0 Å². The van der Waals surface area contributed by atoms with E-state index >= 15 is 0 Å². The van der Waals surface area contributed by atoms with Crippen LogP contribution in [0.1, 0.15) is 15.9 Å². The SMILES string of the molecule is COc1cc(/C=C2\Oc3cc(OC)cc(OC)c3C2=O)cc(OC)c1. The van der Waals surface area contributed by atoms with Gasteiger partial charge in [-0.3, -0.25) is 4.79 Å². The second-order valence-electron chi connectivity index (χ2n) is 5.29. The lowest BCUT2D eigenvalue weighted by molar-refractivity contribution is 0.101. The van der Waals surface area contributed by atoms with Crippen LogP contribution in [0.25, 0.3) is 6.08 Å². The normalized spacial score (nSPS) is 14.1. The van der Waals surface area contributed by atoms with Crippen LogP contribution in [0.3, 0.4) is 0 Å². The highest BCUT2D eigenvalue weighted by atomic mass is 16.5. The van der Waals surface area contributed by atoms with Gasteiger partial charge in [0.05, 0.1) is 28.4 Å². The number of hydrogen-bond acceptors (Lipinski definition) is 6. The minimum absolute atomic E-state index is 0.192. The van der Waals surface area contributed by atoms with Crippen LogP contribution < -0.4 is 23.7 Å². The third kappa shape index (κ3) is 3.10. The molecule has 130 valence electrons. The molecule has 3 rings (SSSR count). The lowest BCUT2D eigenvalue weighted by Gasteiger charge is -2.07. The van der Waals surface area contributed by atoms with Gasteiger partial charge in [0, 0.05) is 18.2 Å². The average Bonchev–Trinajstić information content (AvgIpc) is 2.95. The molecule has 0 saturated heterocycles. The molecular weight excluding hydrogens is 324 g/mol. The molecule has 2 aromatic rings. The molecule has 0 atom stereocenters. The Morgan fingerprint density at radius 3 is 1.96 bits per heavy atom. The zero-order valence-electron chi connectivity index (χ0n) is 14.4. The quantitative estimate of drug-likeness (QED) is 0.777.